The summed E-state index contributed by atoms with van der Waals surface area (Å²) in [6.45, 7) is 0. The molecule has 0 atom stereocenters. The summed E-state index contributed by atoms with van der Waals surface area (Å²) in [4.78, 5) is 0. The molecule has 8 heteroatoms. The number of benzene rings is 2. The van der Waals surface area contributed by atoms with E-state index < -0.39 is 11.7 Å². The topological polar surface area (TPSA) is 50.4 Å². The highest BCUT2D eigenvalue weighted by Crippen LogP contribution is 2.30. The normalized spacial score (nSPS) is 12.1. The highest BCUT2D eigenvalue weighted by atomic mass is 79.9. The third kappa shape index (κ3) is 4.77. The first-order valence-electron chi connectivity index (χ1n) is 6.34. The Kier molecular flexibility index (Phi) is 5.38. The molecule has 0 aliphatic rings. The molecule has 0 saturated heterocycles. The Morgan fingerprint density at radius 2 is 1.70 bits per heavy atom. The molecule has 0 fully saturated rings. The van der Waals surface area contributed by atoms with Gasteiger partial charge < -0.3 is 5.73 Å². The van der Waals surface area contributed by atoms with Gasteiger partial charge in [0.05, 0.1) is 11.3 Å². The second-order valence-electron chi connectivity index (χ2n) is 4.53. The fourth-order valence-corrected chi connectivity index (χ4v) is 2.33. The molecule has 3 N–H and O–H groups in total. The summed E-state index contributed by atoms with van der Waals surface area (Å²) in [6.07, 6.45) is -4.44. The third-order valence-corrected chi connectivity index (χ3v) is 3.42. The summed E-state index contributed by atoms with van der Waals surface area (Å²) in [5.74, 6) is 0. The van der Waals surface area contributed by atoms with Gasteiger partial charge in [-0.3, -0.25) is 5.43 Å². The fraction of sp³-hybridized carbons (Fsp3) is 0.0667. The lowest BCUT2D eigenvalue weighted by Gasteiger charge is -2.11. The van der Waals surface area contributed by atoms with E-state index in [1.807, 2.05) is 0 Å². The molecule has 3 nitrogen and oxygen atoms in total. The van der Waals surface area contributed by atoms with Gasteiger partial charge in [0.1, 0.15) is 0 Å². The molecule has 0 aromatic heterocycles. The molecule has 2 aromatic carbocycles. The number of nitrogens with zero attached hydrogens (tertiary/aromatic N) is 1. The van der Waals surface area contributed by atoms with Crippen LogP contribution < -0.4 is 11.2 Å². The van der Waals surface area contributed by atoms with Crippen molar-refractivity contribution in [2.45, 2.75) is 6.18 Å². The molecule has 0 saturated carbocycles. The van der Waals surface area contributed by atoms with Gasteiger partial charge in [0, 0.05) is 15.6 Å². The zero-order valence-corrected chi connectivity index (χ0v) is 14.0. The van der Waals surface area contributed by atoms with Crippen molar-refractivity contribution < 1.29 is 13.2 Å². The Morgan fingerprint density at radius 3 is 2.26 bits per heavy atom. The summed E-state index contributed by atoms with van der Waals surface area (Å²) in [7, 11) is 0. The van der Waals surface area contributed by atoms with E-state index in [0.717, 1.165) is 16.6 Å². The lowest BCUT2D eigenvalue weighted by molar-refractivity contribution is -0.137. The van der Waals surface area contributed by atoms with Crippen LogP contribution in [0.15, 0.2) is 58.1 Å². The predicted octanol–water partition coefficient (Wildman–Crippen LogP) is 4.05. The quantitative estimate of drug-likeness (QED) is 0.463. The van der Waals surface area contributed by atoms with Crippen LogP contribution in [-0.4, -0.2) is 10.8 Å². The highest BCUT2D eigenvalue weighted by molar-refractivity contribution is 9.10. The van der Waals surface area contributed by atoms with Gasteiger partial charge in [0.2, 0.25) is 0 Å². The number of thiocarbonyl (C=S) groups is 1. The van der Waals surface area contributed by atoms with Crippen molar-refractivity contribution in [1.29, 1.82) is 0 Å². The van der Waals surface area contributed by atoms with Crippen molar-refractivity contribution in [2.75, 3.05) is 0 Å². The average molecular weight is 402 g/mol. The zero-order chi connectivity index (χ0) is 17.0. The lowest BCUT2D eigenvalue weighted by atomic mass is 10.0. The standard InChI is InChI=1S/C15H11BrF3N3S/c16-12-6-2-4-10(8-12)13(21-22-14(20)23)9-3-1-5-11(7-9)15(17,18)19/h1-8H,(H3,20,22,23)/b21-13+. The average Bonchev–Trinajstić information content (AvgIpc) is 2.47. The van der Waals surface area contributed by atoms with Crippen molar-refractivity contribution in [3.05, 3.63) is 69.7 Å². The summed E-state index contributed by atoms with van der Waals surface area (Å²) >= 11 is 8.02. The van der Waals surface area contributed by atoms with Gasteiger partial charge in [-0.05, 0) is 36.5 Å². The minimum absolute atomic E-state index is 0.0792. The van der Waals surface area contributed by atoms with Gasteiger partial charge in [0.25, 0.3) is 0 Å². The van der Waals surface area contributed by atoms with E-state index in [9.17, 15) is 13.2 Å². The smallest absolute Gasteiger partial charge is 0.375 e. The molecule has 2 rings (SSSR count). The summed E-state index contributed by atoms with van der Waals surface area (Å²) in [5.41, 5.74) is 8.22. The Bertz CT molecular complexity index is 760. The van der Waals surface area contributed by atoms with Gasteiger partial charge >= 0.3 is 6.18 Å². The Balaban J connectivity index is 2.54. The number of alkyl halides is 3. The summed E-state index contributed by atoms with van der Waals surface area (Å²) in [6, 6.07) is 11.9. The molecule has 120 valence electrons. The van der Waals surface area contributed by atoms with E-state index in [2.05, 4.69) is 26.5 Å². The molecule has 0 heterocycles. The van der Waals surface area contributed by atoms with Crippen molar-refractivity contribution in [3.63, 3.8) is 0 Å². The van der Waals surface area contributed by atoms with Crippen LogP contribution in [0.3, 0.4) is 0 Å². The van der Waals surface area contributed by atoms with Crippen LogP contribution in [0.4, 0.5) is 13.2 Å². The fourth-order valence-electron chi connectivity index (χ4n) is 1.89. The number of rotatable bonds is 3. The molecular formula is C15H11BrF3N3S. The van der Waals surface area contributed by atoms with Gasteiger partial charge in [-0.2, -0.15) is 18.3 Å². The van der Waals surface area contributed by atoms with Crippen LogP contribution >= 0.6 is 28.1 Å². The van der Waals surface area contributed by atoms with Crippen molar-refractivity contribution in [1.82, 2.24) is 5.43 Å². The van der Waals surface area contributed by atoms with Gasteiger partial charge in [-0.25, -0.2) is 0 Å². The van der Waals surface area contributed by atoms with Crippen molar-refractivity contribution in [3.8, 4) is 0 Å². The van der Waals surface area contributed by atoms with Crippen LogP contribution in [0.25, 0.3) is 0 Å². The van der Waals surface area contributed by atoms with Crippen LogP contribution in [0.1, 0.15) is 16.7 Å². The van der Waals surface area contributed by atoms with E-state index >= 15 is 0 Å². The SMILES string of the molecule is NC(=S)N/N=C(/c1cccc(Br)c1)c1cccc(C(F)(F)F)c1. The van der Waals surface area contributed by atoms with E-state index in [1.165, 1.54) is 12.1 Å². The molecule has 0 spiro atoms. The van der Waals surface area contributed by atoms with Crippen molar-refractivity contribution >= 4 is 39.0 Å². The van der Waals surface area contributed by atoms with Gasteiger partial charge in [-0.15, -0.1) is 0 Å². The predicted molar refractivity (Wildman–Crippen MR) is 91.1 cm³/mol. The number of hydrogen-bond acceptors (Lipinski definition) is 2. The molecule has 23 heavy (non-hydrogen) atoms. The number of hydrazone groups is 1. The number of hydrogen-bond donors (Lipinski definition) is 2. The first-order chi connectivity index (χ1) is 10.8. The first kappa shape index (κ1) is 17.4. The molecule has 0 unspecified atom stereocenters. The van der Waals surface area contributed by atoms with Crippen LogP contribution in [0, 0.1) is 0 Å². The Hall–Kier alpha value is -1.93. The van der Waals surface area contributed by atoms with Crippen LogP contribution in [-0.2, 0) is 6.18 Å². The van der Waals surface area contributed by atoms with Gasteiger partial charge in [-0.1, -0.05) is 40.2 Å². The number of nitrogens with one attached hydrogen (secondary N) is 1. The number of halogens is 4. The molecule has 0 bridgehead atoms. The second-order valence-corrected chi connectivity index (χ2v) is 5.88. The molecule has 0 radical (unpaired) electrons. The Labute approximate surface area is 144 Å². The molecule has 0 aliphatic carbocycles. The van der Waals surface area contributed by atoms with E-state index in [1.54, 1.807) is 24.3 Å². The van der Waals surface area contributed by atoms with E-state index in [0.29, 0.717) is 16.8 Å². The monoisotopic (exact) mass is 401 g/mol. The minimum atomic E-state index is -4.44. The number of nitrogens with two attached hydrogens (primary N) is 1. The highest BCUT2D eigenvalue weighted by Gasteiger charge is 2.30. The largest absolute Gasteiger partial charge is 0.416 e. The molecule has 2 aromatic rings. The van der Waals surface area contributed by atoms with Crippen molar-refractivity contribution in [2.24, 2.45) is 10.8 Å². The van der Waals surface area contributed by atoms with E-state index in [-0.39, 0.29) is 5.11 Å². The molecule has 0 amide bonds. The van der Waals surface area contributed by atoms with Gasteiger partial charge in [0.15, 0.2) is 5.11 Å². The summed E-state index contributed by atoms with van der Waals surface area (Å²) in [5, 5.41) is 3.96. The Morgan fingerprint density at radius 1 is 1.09 bits per heavy atom. The minimum Gasteiger partial charge on any atom is -0.375 e. The second kappa shape index (κ2) is 7.10. The molecule has 0 aliphatic heterocycles. The molecular weight excluding hydrogens is 391 g/mol. The van der Waals surface area contributed by atoms with Crippen LogP contribution in [0.5, 0.6) is 0 Å². The zero-order valence-electron chi connectivity index (χ0n) is 11.6. The first-order valence-corrected chi connectivity index (χ1v) is 7.54. The maximum atomic E-state index is 12.9. The van der Waals surface area contributed by atoms with Crippen LogP contribution in [0.2, 0.25) is 0 Å². The third-order valence-electron chi connectivity index (χ3n) is 2.84. The van der Waals surface area contributed by atoms with E-state index in [4.69, 9.17) is 18.0 Å². The summed E-state index contributed by atoms with van der Waals surface area (Å²) < 4.78 is 39.5. The lowest BCUT2D eigenvalue weighted by Crippen LogP contribution is -2.26. The maximum absolute atomic E-state index is 12.9. The maximum Gasteiger partial charge on any atom is 0.416 e.